The van der Waals surface area contributed by atoms with Crippen molar-refractivity contribution in [2.75, 3.05) is 0 Å². The van der Waals surface area contributed by atoms with Crippen LogP contribution in [-0.2, 0) is 5.33 Å². The largest absolute Gasteiger partial charge is 0.227 e. The molecule has 0 saturated carbocycles. The van der Waals surface area contributed by atoms with Crippen LogP contribution < -0.4 is 0 Å². The molecule has 0 unspecified atom stereocenters. The molecule has 0 aliphatic heterocycles. The molecule has 1 aromatic heterocycles. The number of pyridine rings is 1. The van der Waals surface area contributed by atoms with E-state index in [0.717, 1.165) is 11.1 Å². The van der Waals surface area contributed by atoms with Gasteiger partial charge in [0, 0.05) is 22.7 Å². The minimum Gasteiger partial charge on any atom is -0.227 e. The summed E-state index contributed by atoms with van der Waals surface area (Å²) >= 11 is 3.19. The van der Waals surface area contributed by atoms with Gasteiger partial charge < -0.3 is 0 Å². The zero-order chi connectivity index (χ0) is 11.5. The van der Waals surface area contributed by atoms with Gasteiger partial charge in [-0.25, -0.2) is 9.37 Å². The molecule has 0 amide bonds. The zero-order valence-electron chi connectivity index (χ0n) is 8.25. The third-order valence-corrected chi connectivity index (χ3v) is 2.84. The third-order valence-electron chi connectivity index (χ3n) is 2.23. The Bertz CT molecular complexity index is 497. The van der Waals surface area contributed by atoms with E-state index in [2.05, 4.69) is 20.9 Å². The highest BCUT2D eigenvalue weighted by Crippen LogP contribution is 2.22. The second kappa shape index (κ2) is 4.70. The van der Waals surface area contributed by atoms with Crippen molar-refractivity contribution in [3.63, 3.8) is 0 Å². The predicted octanol–water partition coefficient (Wildman–Crippen LogP) is 3.92. The second-order valence-electron chi connectivity index (χ2n) is 3.31. The summed E-state index contributed by atoms with van der Waals surface area (Å²) in [7, 11) is 0. The first kappa shape index (κ1) is 11.2. The molecule has 0 radical (unpaired) electrons. The lowest BCUT2D eigenvalue weighted by Gasteiger charge is -2.04. The Morgan fingerprint density at radius 2 is 1.75 bits per heavy atom. The fraction of sp³-hybridized carbons (Fsp3) is 0.0833. The number of hydrogen-bond acceptors (Lipinski definition) is 1. The highest BCUT2D eigenvalue weighted by molar-refractivity contribution is 9.08. The number of halogens is 3. The molecule has 2 aromatic rings. The van der Waals surface area contributed by atoms with Gasteiger partial charge >= 0.3 is 0 Å². The molecular weight excluding hydrogens is 276 g/mol. The fourth-order valence-electron chi connectivity index (χ4n) is 1.39. The van der Waals surface area contributed by atoms with Crippen molar-refractivity contribution in [1.29, 1.82) is 0 Å². The maximum Gasteiger partial charge on any atom is 0.216 e. The van der Waals surface area contributed by atoms with Crippen LogP contribution in [0.25, 0.3) is 11.1 Å². The third kappa shape index (κ3) is 2.27. The molecule has 0 fully saturated rings. The van der Waals surface area contributed by atoms with Crippen LogP contribution in [0, 0.1) is 11.8 Å². The molecule has 0 saturated heterocycles. The molecule has 0 aliphatic rings. The highest BCUT2D eigenvalue weighted by Gasteiger charge is 2.05. The van der Waals surface area contributed by atoms with Crippen molar-refractivity contribution in [3.05, 3.63) is 53.9 Å². The molecule has 0 spiro atoms. The van der Waals surface area contributed by atoms with Crippen LogP contribution in [0.4, 0.5) is 8.78 Å². The van der Waals surface area contributed by atoms with Crippen molar-refractivity contribution in [1.82, 2.24) is 4.98 Å². The molecule has 4 heteroatoms. The molecule has 1 nitrogen and oxygen atoms in total. The second-order valence-corrected chi connectivity index (χ2v) is 3.88. The van der Waals surface area contributed by atoms with E-state index in [1.165, 1.54) is 18.3 Å². The summed E-state index contributed by atoms with van der Waals surface area (Å²) < 4.78 is 25.9. The summed E-state index contributed by atoms with van der Waals surface area (Å²) in [6.45, 7) is 0. The summed E-state index contributed by atoms with van der Waals surface area (Å²) in [5.41, 5.74) is 2.08. The lowest BCUT2D eigenvalue weighted by Crippen LogP contribution is -1.92. The summed E-state index contributed by atoms with van der Waals surface area (Å²) in [5.74, 6) is -0.776. The SMILES string of the molecule is Fc1ccc(-c2cnc(F)c(CBr)c2)cc1. The smallest absolute Gasteiger partial charge is 0.216 e. The van der Waals surface area contributed by atoms with Gasteiger partial charge in [0.05, 0.1) is 0 Å². The zero-order valence-corrected chi connectivity index (χ0v) is 9.84. The quantitative estimate of drug-likeness (QED) is 0.601. The molecule has 16 heavy (non-hydrogen) atoms. The van der Waals surface area contributed by atoms with Crippen LogP contribution in [0.1, 0.15) is 5.56 Å². The van der Waals surface area contributed by atoms with Gasteiger partial charge in [0.15, 0.2) is 0 Å². The molecule has 0 atom stereocenters. The monoisotopic (exact) mass is 283 g/mol. The molecule has 1 aromatic carbocycles. The number of benzene rings is 1. The Balaban J connectivity index is 2.44. The number of hydrogen-bond donors (Lipinski definition) is 0. The first-order chi connectivity index (χ1) is 7.70. The van der Waals surface area contributed by atoms with Gasteiger partial charge in [-0.3, -0.25) is 0 Å². The van der Waals surface area contributed by atoms with Crippen LogP contribution >= 0.6 is 15.9 Å². The summed E-state index contributed by atoms with van der Waals surface area (Å²) in [6, 6.07) is 7.72. The highest BCUT2D eigenvalue weighted by atomic mass is 79.9. The maximum absolute atomic E-state index is 13.1. The molecule has 0 bridgehead atoms. The standard InChI is InChI=1S/C12H8BrF2N/c13-6-9-5-10(7-16-12(9)15)8-1-3-11(14)4-2-8/h1-5,7H,6H2. The fourth-order valence-corrected chi connectivity index (χ4v) is 1.78. The maximum atomic E-state index is 13.1. The van der Waals surface area contributed by atoms with Crippen LogP contribution in [0.3, 0.4) is 0 Å². The van der Waals surface area contributed by atoms with Gasteiger partial charge in [0.2, 0.25) is 5.95 Å². The summed E-state index contributed by atoms with van der Waals surface area (Å²) in [5, 5.41) is 0.404. The Kier molecular flexibility index (Phi) is 3.29. The summed E-state index contributed by atoms with van der Waals surface area (Å²) in [6.07, 6.45) is 1.44. The Hall–Kier alpha value is -1.29. The van der Waals surface area contributed by atoms with Gasteiger partial charge in [-0.15, -0.1) is 0 Å². The minimum absolute atomic E-state index is 0.292. The molecule has 0 aliphatic carbocycles. The first-order valence-corrected chi connectivity index (χ1v) is 5.79. The Morgan fingerprint density at radius 3 is 2.38 bits per heavy atom. The van der Waals surface area contributed by atoms with Gasteiger partial charge in [-0.2, -0.15) is 4.39 Å². The van der Waals surface area contributed by atoms with E-state index in [0.29, 0.717) is 10.9 Å². The molecular formula is C12H8BrF2N. The number of alkyl halides is 1. The Morgan fingerprint density at radius 1 is 1.06 bits per heavy atom. The normalized spacial score (nSPS) is 10.4. The van der Waals surface area contributed by atoms with Crippen LogP contribution in [-0.4, -0.2) is 4.98 Å². The van der Waals surface area contributed by atoms with Gasteiger partial charge in [0.1, 0.15) is 5.82 Å². The summed E-state index contributed by atoms with van der Waals surface area (Å²) in [4.78, 5) is 3.66. The number of rotatable bonds is 2. The van der Waals surface area contributed by atoms with E-state index in [-0.39, 0.29) is 5.82 Å². The minimum atomic E-state index is -0.484. The van der Waals surface area contributed by atoms with Crippen molar-refractivity contribution >= 4 is 15.9 Å². The molecule has 82 valence electrons. The number of nitrogens with zero attached hydrogens (tertiary/aromatic N) is 1. The van der Waals surface area contributed by atoms with Crippen LogP contribution in [0.2, 0.25) is 0 Å². The van der Waals surface area contributed by atoms with E-state index < -0.39 is 5.95 Å². The van der Waals surface area contributed by atoms with E-state index in [1.54, 1.807) is 18.2 Å². The van der Waals surface area contributed by atoms with Crippen LogP contribution in [0.5, 0.6) is 0 Å². The van der Waals surface area contributed by atoms with E-state index in [9.17, 15) is 8.78 Å². The van der Waals surface area contributed by atoms with E-state index in [1.807, 2.05) is 0 Å². The number of aromatic nitrogens is 1. The first-order valence-electron chi connectivity index (χ1n) is 4.67. The average Bonchev–Trinajstić information content (AvgIpc) is 2.31. The molecule has 1 heterocycles. The van der Waals surface area contributed by atoms with Gasteiger partial charge in [-0.05, 0) is 23.8 Å². The van der Waals surface area contributed by atoms with E-state index in [4.69, 9.17) is 0 Å². The average molecular weight is 284 g/mol. The van der Waals surface area contributed by atoms with Gasteiger partial charge in [-0.1, -0.05) is 28.1 Å². The lowest BCUT2D eigenvalue weighted by atomic mass is 10.1. The topological polar surface area (TPSA) is 12.9 Å². The van der Waals surface area contributed by atoms with Crippen molar-refractivity contribution in [2.24, 2.45) is 0 Å². The molecule has 2 rings (SSSR count). The predicted molar refractivity (Wildman–Crippen MR) is 62.2 cm³/mol. The van der Waals surface area contributed by atoms with E-state index >= 15 is 0 Å². The van der Waals surface area contributed by atoms with Crippen LogP contribution in [0.15, 0.2) is 36.5 Å². The van der Waals surface area contributed by atoms with Crippen molar-refractivity contribution in [2.45, 2.75) is 5.33 Å². The van der Waals surface area contributed by atoms with Crippen molar-refractivity contribution in [3.8, 4) is 11.1 Å². The molecule has 0 N–H and O–H groups in total. The van der Waals surface area contributed by atoms with Gasteiger partial charge in [0.25, 0.3) is 0 Å². The lowest BCUT2D eigenvalue weighted by molar-refractivity contribution is 0.574. The Labute approximate surface area is 100 Å². The van der Waals surface area contributed by atoms with Crippen molar-refractivity contribution < 1.29 is 8.78 Å².